The quantitative estimate of drug-likeness (QED) is 0.764. The first-order valence-electron chi connectivity index (χ1n) is 6.51. The summed E-state index contributed by atoms with van der Waals surface area (Å²) in [6, 6.07) is 20.8. The molecular weight excluding hydrogens is 232 g/mol. The van der Waals surface area contributed by atoms with Crippen LogP contribution < -0.4 is 5.32 Å². The summed E-state index contributed by atoms with van der Waals surface area (Å²) in [4.78, 5) is 4.48. The predicted octanol–water partition coefficient (Wildman–Crippen LogP) is 3.52. The lowest BCUT2D eigenvalue weighted by atomic mass is 10.1. The third kappa shape index (κ3) is 2.80. The Labute approximate surface area is 113 Å². The summed E-state index contributed by atoms with van der Waals surface area (Å²) >= 11 is 0. The van der Waals surface area contributed by atoms with E-state index in [2.05, 4.69) is 64.9 Å². The van der Waals surface area contributed by atoms with Crippen LogP contribution in [0.25, 0.3) is 10.8 Å². The first-order valence-corrected chi connectivity index (χ1v) is 6.51. The molecule has 1 aromatic heterocycles. The minimum Gasteiger partial charge on any atom is -0.307 e. The van der Waals surface area contributed by atoms with E-state index in [0.717, 1.165) is 18.8 Å². The molecular formula is C17H16N2. The summed E-state index contributed by atoms with van der Waals surface area (Å²) < 4.78 is 0. The first kappa shape index (κ1) is 11.9. The van der Waals surface area contributed by atoms with Crippen molar-refractivity contribution >= 4 is 10.8 Å². The van der Waals surface area contributed by atoms with Crippen molar-refractivity contribution in [2.24, 2.45) is 0 Å². The van der Waals surface area contributed by atoms with Crippen LogP contribution in [0.15, 0.2) is 66.9 Å². The van der Waals surface area contributed by atoms with Gasteiger partial charge < -0.3 is 5.32 Å². The van der Waals surface area contributed by atoms with Gasteiger partial charge in [0.1, 0.15) is 0 Å². The van der Waals surface area contributed by atoms with Crippen molar-refractivity contribution in [1.29, 1.82) is 0 Å². The Bertz CT molecular complexity index is 657. The van der Waals surface area contributed by atoms with Crippen LogP contribution in [-0.4, -0.2) is 4.98 Å². The summed E-state index contributed by atoms with van der Waals surface area (Å²) in [5, 5.41) is 5.92. The molecule has 0 bridgehead atoms. The minimum absolute atomic E-state index is 0.788. The fourth-order valence-corrected chi connectivity index (χ4v) is 2.24. The number of nitrogens with zero attached hydrogens (tertiary/aromatic N) is 1. The highest BCUT2D eigenvalue weighted by Crippen LogP contribution is 2.16. The van der Waals surface area contributed by atoms with Crippen LogP contribution in [-0.2, 0) is 13.1 Å². The van der Waals surface area contributed by atoms with Gasteiger partial charge in [-0.1, -0.05) is 54.6 Å². The van der Waals surface area contributed by atoms with Crippen molar-refractivity contribution in [3.05, 3.63) is 78.1 Å². The molecule has 0 atom stereocenters. The highest BCUT2D eigenvalue weighted by atomic mass is 14.9. The molecule has 2 heteroatoms. The Morgan fingerprint density at radius 2 is 1.58 bits per heavy atom. The zero-order valence-electron chi connectivity index (χ0n) is 10.7. The summed E-state index contributed by atoms with van der Waals surface area (Å²) in [6.45, 7) is 1.65. The van der Waals surface area contributed by atoms with Gasteiger partial charge in [0.25, 0.3) is 0 Å². The molecule has 94 valence electrons. The van der Waals surface area contributed by atoms with E-state index >= 15 is 0 Å². The average molecular weight is 248 g/mol. The monoisotopic (exact) mass is 248 g/mol. The van der Waals surface area contributed by atoms with Crippen LogP contribution in [0.2, 0.25) is 0 Å². The largest absolute Gasteiger partial charge is 0.307 e. The van der Waals surface area contributed by atoms with Crippen molar-refractivity contribution in [3.8, 4) is 0 Å². The molecule has 0 unspecified atom stereocenters. The average Bonchev–Trinajstić information content (AvgIpc) is 2.49. The Kier molecular flexibility index (Phi) is 3.52. The second-order valence-corrected chi connectivity index (χ2v) is 4.57. The third-order valence-corrected chi connectivity index (χ3v) is 3.22. The van der Waals surface area contributed by atoms with Gasteiger partial charge in [-0.3, -0.25) is 4.98 Å². The lowest BCUT2D eigenvalue weighted by molar-refractivity contribution is 0.684. The summed E-state index contributed by atoms with van der Waals surface area (Å²) in [5.41, 5.74) is 2.40. The molecule has 0 aliphatic rings. The molecule has 0 amide bonds. The molecule has 0 spiro atoms. The molecule has 0 aliphatic carbocycles. The molecule has 1 N–H and O–H groups in total. The Morgan fingerprint density at radius 1 is 0.789 bits per heavy atom. The highest BCUT2D eigenvalue weighted by molar-refractivity contribution is 5.84. The highest BCUT2D eigenvalue weighted by Gasteiger charge is 2.01. The lowest BCUT2D eigenvalue weighted by Gasteiger charge is -2.07. The molecule has 0 aliphatic heterocycles. The van der Waals surface area contributed by atoms with E-state index in [4.69, 9.17) is 0 Å². The molecule has 3 rings (SSSR count). The third-order valence-electron chi connectivity index (χ3n) is 3.22. The molecule has 3 aromatic rings. The molecule has 0 saturated carbocycles. The van der Waals surface area contributed by atoms with E-state index in [9.17, 15) is 0 Å². The first-order chi connectivity index (χ1) is 9.43. The fourth-order valence-electron chi connectivity index (χ4n) is 2.24. The Hall–Kier alpha value is -2.19. The molecule has 0 radical (unpaired) electrons. The number of pyridine rings is 1. The number of rotatable bonds is 4. The maximum absolute atomic E-state index is 4.48. The van der Waals surface area contributed by atoms with Gasteiger partial charge in [0.05, 0.1) is 5.69 Å². The maximum Gasteiger partial charge on any atom is 0.0619 e. The molecule has 0 fully saturated rings. The Balaban J connectivity index is 1.72. The van der Waals surface area contributed by atoms with E-state index in [1.807, 2.05) is 12.3 Å². The molecule has 0 saturated heterocycles. The predicted molar refractivity (Wildman–Crippen MR) is 78.7 cm³/mol. The minimum atomic E-state index is 0.788. The van der Waals surface area contributed by atoms with Crippen LogP contribution in [0.4, 0.5) is 0 Å². The van der Waals surface area contributed by atoms with Crippen molar-refractivity contribution in [3.63, 3.8) is 0 Å². The number of hydrogen-bond donors (Lipinski definition) is 1. The summed E-state index contributed by atoms with van der Waals surface area (Å²) in [5.74, 6) is 0. The zero-order valence-corrected chi connectivity index (χ0v) is 10.7. The lowest BCUT2D eigenvalue weighted by Crippen LogP contribution is -2.13. The van der Waals surface area contributed by atoms with Gasteiger partial charge in [0.15, 0.2) is 0 Å². The second-order valence-electron chi connectivity index (χ2n) is 4.57. The van der Waals surface area contributed by atoms with Gasteiger partial charge in [0.2, 0.25) is 0 Å². The molecule has 1 heterocycles. The summed E-state index contributed by atoms with van der Waals surface area (Å²) in [7, 11) is 0. The van der Waals surface area contributed by atoms with Gasteiger partial charge in [0, 0.05) is 24.7 Å². The van der Waals surface area contributed by atoms with Gasteiger partial charge in [-0.15, -0.1) is 0 Å². The van der Waals surface area contributed by atoms with Crippen LogP contribution in [0.5, 0.6) is 0 Å². The maximum atomic E-state index is 4.48. The van der Waals surface area contributed by atoms with Gasteiger partial charge in [-0.05, 0) is 17.0 Å². The van der Waals surface area contributed by atoms with Gasteiger partial charge in [-0.2, -0.15) is 0 Å². The van der Waals surface area contributed by atoms with Gasteiger partial charge >= 0.3 is 0 Å². The van der Waals surface area contributed by atoms with E-state index in [0.29, 0.717) is 0 Å². The van der Waals surface area contributed by atoms with Crippen LogP contribution in [0.3, 0.4) is 0 Å². The van der Waals surface area contributed by atoms with E-state index in [1.54, 1.807) is 0 Å². The molecule has 2 nitrogen and oxygen atoms in total. The number of nitrogens with one attached hydrogen (secondary N) is 1. The van der Waals surface area contributed by atoms with E-state index < -0.39 is 0 Å². The molecule has 2 aromatic carbocycles. The fraction of sp³-hybridized carbons (Fsp3) is 0.118. The van der Waals surface area contributed by atoms with Crippen LogP contribution in [0, 0.1) is 0 Å². The normalized spacial score (nSPS) is 10.7. The van der Waals surface area contributed by atoms with Crippen molar-refractivity contribution in [1.82, 2.24) is 10.3 Å². The van der Waals surface area contributed by atoms with Crippen molar-refractivity contribution in [2.45, 2.75) is 13.1 Å². The van der Waals surface area contributed by atoms with Crippen molar-refractivity contribution < 1.29 is 0 Å². The van der Waals surface area contributed by atoms with Crippen LogP contribution >= 0.6 is 0 Å². The van der Waals surface area contributed by atoms with E-state index in [-0.39, 0.29) is 0 Å². The number of benzene rings is 2. The zero-order chi connectivity index (χ0) is 12.9. The number of hydrogen-bond acceptors (Lipinski definition) is 2. The standard InChI is InChI=1S/C17H16N2/c1-2-6-14(7-3-1)12-18-13-17-16-9-5-4-8-15(16)10-11-19-17/h1-11,18H,12-13H2. The number of fused-ring (bicyclic) bond motifs is 1. The summed E-state index contributed by atoms with van der Waals surface area (Å²) in [6.07, 6.45) is 1.88. The van der Waals surface area contributed by atoms with Crippen LogP contribution in [0.1, 0.15) is 11.3 Å². The van der Waals surface area contributed by atoms with Gasteiger partial charge in [-0.25, -0.2) is 0 Å². The van der Waals surface area contributed by atoms with Crippen molar-refractivity contribution in [2.75, 3.05) is 0 Å². The van der Waals surface area contributed by atoms with E-state index in [1.165, 1.54) is 16.3 Å². The SMILES string of the molecule is c1ccc(CNCc2nccc3ccccc23)cc1. The topological polar surface area (TPSA) is 24.9 Å². The number of aromatic nitrogens is 1. The smallest absolute Gasteiger partial charge is 0.0619 e. The molecule has 19 heavy (non-hydrogen) atoms. The Morgan fingerprint density at radius 3 is 2.47 bits per heavy atom. The second kappa shape index (κ2) is 5.63.